The smallest absolute Gasteiger partial charge is 0.337 e. The molecule has 3 N–H and O–H groups in total. The fraction of sp³-hybridized carbons (Fsp3) is 0.125. The zero-order valence-electron chi connectivity index (χ0n) is 11.9. The van der Waals surface area contributed by atoms with Crippen molar-refractivity contribution in [3.05, 3.63) is 64.2 Å². The molecule has 2 rings (SSSR count). The van der Waals surface area contributed by atoms with Gasteiger partial charge < -0.3 is 15.8 Å². The molecule has 0 aliphatic carbocycles. The van der Waals surface area contributed by atoms with Crippen LogP contribution in [0.3, 0.4) is 0 Å². The zero-order chi connectivity index (χ0) is 16.1. The van der Waals surface area contributed by atoms with Gasteiger partial charge in [-0.25, -0.2) is 4.79 Å². The first kappa shape index (κ1) is 16.0. The number of methoxy groups -OCH3 is 1. The van der Waals surface area contributed by atoms with Crippen molar-refractivity contribution >= 4 is 29.2 Å². The quantitative estimate of drug-likeness (QED) is 0.849. The molecule has 0 aliphatic rings. The minimum Gasteiger partial charge on any atom is -0.465 e. The lowest BCUT2D eigenvalue weighted by atomic mass is 10.1. The summed E-state index contributed by atoms with van der Waals surface area (Å²) in [6, 6.07) is 11.6. The molecule has 114 valence electrons. The number of halogens is 1. The largest absolute Gasteiger partial charge is 0.465 e. The van der Waals surface area contributed by atoms with Gasteiger partial charge in [-0.2, -0.15) is 0 Å². The predicted octanol–water partition coefficient (Wildman–Crippen LogP) is 2.84. The van der Waals surface area contributed by atoms with E-state index in [1.165, 1.54) is 13.2 Å². The van der Waals surface area contributed by atoms with E-state index in [9.17, 15) is 9.59 Å². The van der Waals surface area contributed by atoms with Crippen molar-refractivity contribution in [1.29, 1.82) is 0 Å². The third-order valence-electron chi connectivity index (χ3n) is 3.03. The highest BCUT2D eigenvalue weighted by atomic mass is 35.5. The van der Waals surface area contributed by atoms with Crippen LogP contribution in [-0.2, 0) is 11.3 Å². The average molecular weight is 319 g/mol. The van der Waals surface area contributed by atoms with E-state index in [0.717, 1.165) is 0 Å². The zero-order valence-corrected chi connectivity index (χ0v) is 12.7. The Morgan fingerprint density at radius 1 is 1.23 bits per heavy atom. The van der Waals surface area contributed by atoms with E-state index in [4.69, 9.17) is 17.3 Å². The molecule has 0 aliphatic heterocycles. The van der Waals surface area contributed by atoms with E-state index in [-0.39, 0.29) is 12.5 Å². The second-order valence-corrected chi connectivity index (χ2v) is 4.96. The minimum atomic E-state index is -0.497. The van der Waals surface area contributed by atoms with E-state index < -0.39 is 5.97 Å². The summed E-state index contributed by atoms with van der Waals surface area (Å²) < 4.78 is 4.69. The Kier molecular flexibility index (Phi) is 5.14. The van der Waals surface area contributed by atoms with Gasteiger partial charge in [0.05, 0.1) is 23.3 Å². The molecular formula is C16H15ClN2O3. The van der Waals surface area contributed by atoms with Crippen LogP contribution in [0.2, 0.25) is 5.02 Å². The van der Waals surface area contributed by atoms with Crippen molar-refractivity contribution in [1.82, 2.24) is 0 Å². The molecule has 1 amide bonds. The molecule has 22 heavy (non-hydrogen) atoms. The van der Waals surface area contributed by atoms with E-state index in [1.807, 2.05) is 0 Å². The number of ether oxygens (including phenoxy) is 1. The van der Waals surface area contributed by atoms with Crippen molar-refractivity contribution < 1.29 is 14.3 Å². The molecule has 0 saturated carbocycles. The van der Waals surface area contributed by atoms with Crippen molar-refractivity contribution in [2.75, 3.05) is 12.4 Å². The Balaban J connectivity index is 2.31. The third-order valence-corrected chi connectivity index (χ3v) is 3.36. The Morgan fingerprint density at radius 2 is 1.95 bits per heavy atom. The molecule has 0 aromatic heterocycles. The third kappa shape index (κ3) is 3.63. The maximum Gasteiger partial charge on any atom is 0.337 e. The van der Waals surface area contributed by atoms with Crippen LogP contribution in [0.4, 0.5) is 5.69 Å². The molecule has 0 fully saturated rings. The van der Waals surface area contributed by atoms with Crippen LogP contribution < -0.4 is 11.1 Å². The number of hydrogen-bond acceptors (Lipinski definition) is 4. The number of nitrogens with two attached hydrogens (primary N) is 1. The number of anilines is 1. The topological polar surface area (TPSA) is 81.4 Å². The van der Waals surface area contributed by atoms with E-state index in [1.54, 1.807) is 36.4 Å². The molecule has 0 atom stereocenters. The number of nitrogens with one attached hydrogen (secondary N) is 1. The molecule has 0 saturated heterocycles. The Labute approximate surface area is 133 Å². The standard InChI is InChI=1S/C16H15ClN2O3/c1-22-16(21)11-6-10(9-18)7-12(8-11)19-15(20)13-4-2-3-5-14(13)17/h2-8H,9,18H2,1H3,(H,19,20). The van der Waals surface area contributed by atoms with E-state index >= 15 is 0 Å². The summed E-state index contributed by atoms with van der Waals surface area (Å²) in [6.07, 6.45) is 0. The van der Waals surface area contributed by atoms with Crippen LogP contribution in [0.1, 0.15) is 26.3 Å². The first-order chi connectivity index (χ1) is 10.5. The van der Waals surface area contributed by atoms with E-state index in [0.29, 0.717) is 27.4 Å². The number of carbonyl (C=O) groups excluding carboxylic acids is 2. The Morgan fingerprint density at radius 3 is 2.59 bits per heavy atom. The van der Waals surface area contributed by atoms with Crippen molar-refractivity contribution in [3.8, 4) is 0 Å². The molecule has 0 spiro atoms. The number of hydrogen-bond donors (Lipinski definition) is 2. The SMILES string of the molecule is COC(=O)c1cc(CN)cc(NC(=O)c2ccccc2Cl)c1. The summed E-state index contributed by atoms with van der Waals surface area (Å²) in [6.45, 7) is 0.236. The Bertz CT molecular complexity index is 716. The second kappa shape index (κ2) is 7.06. The van der Waals surface area contributed by atoms with Crippen molar-refractivity contribution in [3.63, 3.8) is 0 Å². The van der Waals surface area contributed by atoms with Crippen LogP contribution in [0.5, 0.6) is 0 Å². The first-order valence-electron chi connectivity index (χ1n) is 6.53. The molecule has 0 heterocycles. The fourth-order valence-corrected chi connectivity index (χ4v) is 2.18. The van der Waals surface area contributed by atoms with Crippen molar-refractivity contribution in [2.24, 2.45) is 5.73 Å². The summed E-state index contributed by atoms with van der Waals surface area (Å²) in [5.41, 5.74) is 7.44. The van der Waals surface area contributed by atoms with Gasteiger partial charge in [0, 0.05) is 12.2 Å². The summed E-state index contributed by atoms with van der Waals surface area (Å²) in [5.74, 6) is -0.862. The van der Waals surface area contributed by atoms with Crippen LogP contribution in [0.25, 0.3) is 0 Å². The van der Waals surface area contributed by atoms with Gasteiger partial charge in [0.2, 0.25) is 0 Å². The molecular weight excluding hydrogens is 304 g/mol. The van der Waals surface area contributed by atoms with Gasteiger partial charge in [-0.05, 0) is 35.9 Å². The molecule has 2 aromatic carbocycles. The maximum absolute atomic E-state index is 12.2. The van der Waals surface area contributed by atoms with Gasteiger partial charge in [-0.1, -0.05) is 23.7 Å². The molecule has 2 aromatic rings. The normalized spacial score (nSPS) is 10.1. The fourth-order valence-electron chi connectivity index (χ4n) is 1.96. The summed E-state index contributed by atoms with van der Waals surface area (Å²) in [4.78, 5) is 23.9. The highest BCUT2D eigenvalue weighted by molar-refractivity contribution is 6.34. The van der Waals surface area contributed by atoms with Crippen molar-refractivity contribution in [2.45, 2.75) is 6.54 Å². The molecule has 6 heteroatoms. The van der Waals surface area contributed by atoms with Gasteiger partial charge in [0.1, 0.15) is 0 Å². The average Bonchev–Trinajstić information content (AvgIpc) is 2.53. The lowest BCUT2D eigenvalue weighted by molar-refractivity contribution is 0.0600. The number of esters is 1. The lowest BCUT2D eigenvalue weighted by Crippen LogP contribution is -2.14. The molecule has 0 bridgehead atoms. The highest BCUT2D eigenvalue weighted by Gasteiger charge is 2.13. The van der Waals surface area contributed by atoms with Gasteiger partial charge in [0.15, 0.2) is 0 Å². The van der Waals surface area contributed by atoms with E-state index in [2.05, 4.69) is 10.1 Å². The van der Waals surface area contributed by atoms with Gasteiger partial charge >= 0.3 is 5.97 Å². The maximum atomic E-state index is 12.2. The number of benzene rings is 2. The van der Waals surface area contributed by atoms with Crippen LogP contribution >= 0.6 is 11.6 Å². The number of carbonyl (C=O) groups is 2. The van der Waals surface area contributed by atoms with Gasteiger partial charge in [-0.15, -0.1) is 0 Å². The second-order valence-electron chi connectivity index (χ2n) is 4.55. The van der Waals surface area contributed by atoms with Crippen LogP contribution in [0, 0.1) is 0 Å². The number of rotatable bonds is 4. The van der Waals surface area contributed by atoms with Crippen LogP contribution in [0.15, 0.2) is 42.5 Å². The monoisotopic (exact) mass is 318 g/mol. The summed E-state index contributed by atoms with van der Waals surface area (Å²) in [5, 5.41) is 3.06. The summed E-state index contributed by atoms with van der Waals surface area (Å²) in [7, 11) is 1.29. The minimum absolute atomic E-state index is 0.236. The lowest BCUT2D eigenvalue weighted by Gasteiger charge is -2.10. The molecule has 0 unspecified atom stereocenters. The molecule has 0 radical (unpaired) electrons. The summed E-state index contributed by atoms with van der Waals surface area (Å²) >= 11 is 5.99. The predicted molar refractivity (Wildman–Crippen MR) is 85.1 cm³/mol. The van der Waals surface area contributed by atoms with Crippen LogP contribution in [-0.4, -0.2) is 19.0 Å². The number of amides is 1. The molecule has 5 nitrogen and oxygen atoms in total. The van der Waals surface area contributed by atoms with Gasteiger partial charge in [-0.3, -0.25) is 4.79 Å². The Hall–Kier alpha value is -2.37. The first-order valence-corrected chi connectivity index (χ1v) is 6.91. The highest BCUT2D eigenvalue weighted by Crippen LogP contribution is 2.20. The van der Waals surface area contributed by atoms with Gasteiger partial charge in [0.25, 0.3) is 5.91 Å².